The molecule has 1 aromatic carbocycles. The van der Waals surface area contributed by atoms with Crippen LogP contribution in [0.25, 0.3) is 0 Å². The lowest BCUT2D eigenvalue weighted by Gasteiger charge is -2.07. The molecule has 0 radical (unpaired) electrons. The normalized spacial score (nSPS) is 11.5. The highest BCUT2D eigenvalue weighted by atomic mass is 32.2. The zero-order valence-corrected chi connectivity index (χ0v) is 12.3. The van der Waals surface area contributed by atoms with E-state index in [2.05, 4.69) is 4.72 Å². The van der Waals surface area contributed by atoms with Gasteiger partial charge in [-0.15, -0.1) is 0 Å². The molecule has 0 bridgehead atoms. The van der Waals surface area contributed by atoms with Gasteiger partial charge in [0.05, 0.1) is 24.5 Å². The lowest BCUT2D eigenvalue weighted by atomic mass is 10.2. The summed E-state index contributed by atoms with van der Waals surface area (Å²) in [5.41, 5.74) is 0.541. The highest BCUT2D eigenvalue weighted by molar-refractivity contribution is 7.89. The van der Waals surface area contributed by atoms with Gasteiger partial charge in [-0.25, -0.2) is 13.1 Å². The Morgan fingerprint density at radius 3 is 2.43 bits per heavy atom. The second-order valence-electron chi connectivity index (χ2n) is 4.30. The minimum Gasteiger partial charge on any atom is -0.481 e. The molecule has 21 heavy (non-hydrogen) atoms. The molecule has 0 atom stereocenters. The summed E-state index contributed by atoms with van der Waals surface area (Å²) in [7, 11) is -3.60. The van der Waals surface area contributed by atoms with Gasteiger partial charge in [-0.05, 0) is 24.1 Å². The molecule has 3 N–H and O–H groups in total. The number of ether oxygens (including phenoxy) is 1. The summed E-state index contributed by atoms with van der Waals surface area (Å²) >= 11 is 0. The van der Waals surface area contributed by atoms with Crippen LogP contribution in [-0.2, 0) is 26.0 Å². The molecule has 118 valence electrons. The molecular formula is C13H19NO6S. The number of hydrogen-bond acceptors (Lipinski definition) is 5. The molecule has 0 aromatic heterocycles. The molecule has 0 aliphatic carbocycles. The van der Waals surface area contributed by atoms with E-state index in [1.807, 2.05) is 0 Å². The molecule has 1 aromatic rings. The van der Waals surface area contributed by atoms with E-state index in [0.717, 1.165) is 0 Å². The number of sulfonamides is 1. The smallest absolute Gasteiger partial charge is 0.307 e. The number of rotatable bonds is 10. The fraction of sp³-hybridized carbons (Fsp3) is 0.462. The molecule has 0 unspecified atom stereocenters. The van der Waals surface area contributed by atoms with Crippen molar-refractivity contribution in [3.63, 3.8) is 0 Å². The van der Waals surface area contributed by atoms with Gasteiger partial charge in [0.2, 0.25) is 10.0 Å². The summed E-state index contributed by atoms with van der Waals surface area (Å²) < 4.78 is 31.3. The summed E-state index contributed by atoms with van der Waals surface area (Å²) in [5, 5.41) is 17.1. The van der Waals surface area contributed by atoms with Crippen LogP contribution in [0.1, 0.15) is 12.0 Å². The molecule has 0 heterocycles. The van der Waals surface area contributed by atoms with Gasteiger partial charge < -0.3 is 14.9 Å². The van der Waals surface area contributed by atoms with E-state index in [-0.39, 0.29) is 31.1 Å². The molecule has 7 nitrogen and oxygen atoms in total. The van der Waals surface area contributed by atoms with E-state index in [1.165, 1.54) is 24.3 Å². The Morgan fingerprint density at radius 1 is 1.19 bits per heavy atom. The van der Waals surface area contributed by atoms with Crippen LogP contribution in [0.5, 0.6) is 0 Å². The van der Waals surface area contributed by atoms with Gasteiger partial charge in [0, 0.05) is 13.2 Å². The van der Waals surface area contributed by atoms with Gasteiger partial charge in [0.15, 0.2) is 0 Å². The lowest BCUT2D eigenvalue weighted by Crippen LogP contribution is -2.25. The Hall–Kier alpha value is -1.48. The lowest BCUT2D eigenvalue weighted by molar-refractivity contribution is -0.136. The van der Waals surface area contributed by atoms with Crippen LogP contribution in [0.4, 0.5) is 0 Å². The van der Waals surface area contributed by atoms with Crippen molar-refractivity contribution in [2.45, 2.75) is 17.7 Å². The van der Waals surface area contributed by atoms with Crippen molar-refractivity contribution >= 4 is 16.0 Å². The van der Waals surface area contributed by atoms with E-state index in [9.17, 15) is 13.2 Å². The van der Waals surface area contributed by atoms with Crippen LogP contribution in [0.15, 0.2) is 29.2 Å². The Labute approximate surface area is 123 Å². The van der Waals surface area contributed by atoms with Gasteiger partial charge in [-0.2, -0.15) is 0 Å². The third kappa shape index (κ3) is 6.67. The highest BCUT2D eigenvalue weighted by Gasteiger charge is 2.13. The van der Waals surface area contributed by atoms with Gasteiger partial charge in [-0.3, -0.25) is 4.79 Å². The number of carbonyl (C=O) groups is 1. The van der Waals surface area contributed by atoms with Crippen LogP contribution in [0.2, 0.25) is 0 Å². The number of aliphatic carboxylic acids is 1. The third-order valence-corrected chi connectivity index (χ3v) is 4.06. The van der Waals surface area contributed by atoms with Crippen molar-refractivity contribution in [3.05, 3.63) is 29.8 Å². The van der Waals surface area contributed by atoms with Crippen LogP contribution in [0.3, 0.4) is 0 Å². The number of benzene rings is 1. The van der Waals surface area contributed by atoms with E-state index < -0.39 is 16.0 Å². The maximum absolute atomic E-state index is 11.9. The Kier molecular flexibility index (Phi) is 7.30. The van der Waals surface area contributed by atoms with Crippen molar-refractivity contribution in [1.82, 2.24) is 4.72 Å². The van der Waals surface area contributed by atoms with E-state index in [1.54, 1.807) is 0 Å². The van der Waals surface area contributed by atoms with Gasteiger partial charge in [0.1, 0.15) is 0 Å². The zero-order valence-electron chi connectivity index (χ0n) is 11.5. The molecule has 1 rings (SSSR count). The Balaban J connectivity index is 2.48. The van der Waals surface area contributed by atoms with Crippen molar-refractivity contribution in [1.29, 1.82) is 0 Å². The summed E-state index contributed by atoms with van der Waals surface area (Å²) in [5.74, 6) is -0.966. The summed E-state index contributed by atoms with van der Waals surface area (Å²) in [6.07, 6.45) is 0.353. The van der Waals surface area contributed by atoms with Crippen LogP contribution < -0.4 is 4.72 Å². The fourth-order valence-corrected chi connectivity index (χ4v) is 2.67. The molecule has 0 saturated heterocycles. The molecule has 0 aliphatic heterocycles. The quantitative estimate of drug-likeness (QED) is 0.523. The Morgan fingerprint density at radius 2 is 1.86 bits per heavy atom. The number of aliphatic hydroxyl groups excluding tert-OH is 1. The van der Waals surface area contributed by atoms with Crippen LogP contribution in [-0.4, -0.2) is 51.0 Å². The third-order valence-electron chi connectivity index (χ3n) is 2.58. The standard InChI is InChI=1S/C13H19NO6S/c15-7-9-20-8-1-6-14-21(18,19)12-4-2-11(3-5-12)10-13(16)17/h2-5,14-15H,1,6-10H2,(H,16,17). The Bertz CT molecular complexity index is 540. The van der Waals surface area contributed by atoms with Gasteiger partial charge in [0.25, 0.3) is 0 Å². The average molecular weight is 317 g/mol. The van der Waals surface area contributed by atoms with E-state index >= 15 is 0 Å². The topological polar surface area (TPSA) is 113 Å². The maximum Gasteiger partial charge on any atom is 0.307 e. The molecular weight excluding hydrogens is 298 g/mol. The van der Waals surface area contributed by atoms with Gasteiger partial charge >= 0.3 is 5.97 Å². The van der Waals surface area contributed by atoms with E-state index in [4.69, 9.17) is 14.9 Å². The zero-order chi connectivity index (χ0) is 15.7. The number of carboxylic acid groups (broad SMARTS) is 1. The first-order chi connectivity index (χ1) is 9.95. The number of carboxylic acids is 1. The minimum atomic E-state index is -3.60. The van der Waals surface area contributed by atoms with Gasteiger partial charge in [-0.1, -0.05) is 12.1 Å². The average Bonchev–Trinajstić information content (AvgIpc) is 2.42. The predicted octanol–water partition coefficient (Wildman–Crippen LogP) is -0.00900. The number of nitrogens with one attached hydrogen (secondary N) is 1. The molecule has 8 heteroatoms. The summed E-state index contributed by atoms with van der Waals surface area (Å²) in [6.45, 7) is 0.761. The van der Waals surface area contributed by atoms with Crippen LogP contribution >= 0.6 is 0 Å². The number of hydrogen-bond donors (Lipinski definition) is 3. The molecule has 0 saturated carbocycles. The molecule has 0 aliphatic rings. The van der Waals surface area contributed by atoms with Crippen molar-refractivity contribution in [2.75, 3.05) is 26.4 Å². The maximum atomic E-state index is 11.9. The van der Waals surface area contributed by atoms with Crippen molar-refractivity contribution < 1.29 is 28.2 Å². The SMILES string of the molecule is O=C(O)Cc1ccc(S(=O)(=O)NCCCOCCO)cc1. The minimum absolute atomic E-state index is 0.0611. The number of aliphatic hydroxyl groups is 1. The highest BCUT2D eigenvalue weighted by Crippen LogP contribution is 2.11. The van der Waals surface area contributed by atoms with E-state index in [0.29, 0.717) is 18.6 Å². The van der Waals surface area contributed by atoms with Crippen molar-refractivity contribution in [3.8, 4) is 0 Å². The van der Waals surface area contributed by atoms with Crippen molar-refractivity contribution in [2.24, 2.45) is 0 Å². The van der Waals surface area contributed by atoms with Crippen LogP contribution in [0, 0.1) is 0 Å². The first-order valence-electron chi connectivity index (χ1n) is 6.44. The predicted molar refractivity (Wildman–Crippen MR) is 75.5 cm³/mol. The molecule has 0 amide bonds. The molecule has 0 fully saturated rings. The monoisotopic (exact) mass is 317 g/mol. The summed E-state index contributed by atoms with van der Waals surface area (Å²) in [6, 6.07) is 5.71. The largest absolute Gasteiger partial charge is 0.481 e. The second-order valence-corrected chi connectivity index (χ2v) is 6.07. The first-order valence-corrected chi connectivity index (χ1v) is 7.93. The molecule has 0 spiro atoms. The fourth-order valence-electron chi connectivity index (χ4n) is 1.59. The summed E-state index contributed by atoms with van der Waals surface area (Å²) in [4.78, 5) is 10.6. The second kappa shape index (κ2) is 8.73. The first kappa shape index (κ1) is 17.6.